The van der Waals surface area contributed by atoms with Crippen molar-refractivity contribution in [2.45, 2.75) is 58.3 Å². The van der Waals surface area contributed by atoms with E-state index in [0.717, 1.165) is 19.6 Å². The standard InChI is InChI=1S/C16H25NO/c1-13(2)17-11-10-14-6-8-15(9-7-14)12-18-16-4-3-5-16/h6-9,13,16-17H,3-5,10-12H2,1-2H3. The summed E-state index contributed by atoms with van der Waals surface area (Å²) in [4.78, 5) is 0. The predicted octanol–water partition coefficient (Wildman–Crippen LogP) is 3.30. The lowest BCUT2D eigenvalue weighted by Crippen LogP contribution is -2.24. The quantitative estimate of drug-likeness (QED) is 0.798. The molecular formula is C16H25NO. The summed E-state index contributed by atoms with van der Waals surface area (Å²) in [6, 6.07) is 9.41. The van der Waals surface area contributed by atoms with Crippen molar-refractivity contribution in [3.05, 3.63) is 35.4 Å². The first-order valence-electron chi connectivity index (χ1n) is 7.17. The van der Waals surface area contributed by atoms with Gasteiger partial charge in [0.15, 0.2) is 0 Å². The van der Waals surface area contributed by atoms with E-state index >= 15 is 0 Å². The summed E-state index contributed by atoms with van der Waals surface area (Å²) in [6.07, 6.45) is 5.46. The van der Waals surface area contributed by atoms with Gasteiger partial charge in [-0.2, -0.15) is 0 Å². The molecule has 1 aliphatic carbocycles. The van der Waals surface area contributed by atoms with E-state index in [1.165, 1.54) is 30.4 Å². The molecule has 1 N–H and O–H groups in total. The van der Waals surface area contributed by atoms with E-state index in [1.54, 1.807) is 0 Å². The molecule has 0 amide bonds. The van der Waals surface area contributed by atoms with E-state index in [9.17, 15) is 0 Å². The molecule has 0 bridgehead atoms. The normalized spacial score (nSPS) is 15.9. The van der Waals surface area contributed by atoms with Crippen molar-refractivity contribution < 1.29 is 4.74 Å². The Morgan fingerprint density at radius 1 is 1.17 bits per heavy atom. The summed E-state index contributed by atoms with van der Waals surface area (Å²) in [5.74, 6) is 0. The van der Waals surface area contributed by atoms with Gasteiger partial charge in [0.2, 0.25) is 0 Å². The molecule has 18 heavy (non-hydrogen) atoms. The summed E-state index contributed by atoms with van der Waals surface area (Å²) in [5, 5.41) is 3.44. The van der Waals surface area contributed by atoms with Crippen LogP contribution in [-0.4, -0.2) is 18.7 Å². The van der Waals surface area contributed by atoms with Crippen molar-refractivity contribution in [3.63, 3.8) is 0 Å². The fourth-order valence-electron chi connectivity index (χ4n) is 2.06. The molecule has 0 heterocycles. The van der Waals surface area contributed by atoms with E-state index in [4.69, 9.17) is 4.74 Å². The predicted molar refractivity (Wildman–Crippen MR) is 75.7 cm³/mol. The Balaban J connectivity index is 1.70. The number of ether oxygens (including phenoxy) is 1. The molecule has 2 heteroatoms. The zero-order valence-electron chi connectivity index (χ0n) is 11.6. The molecule has 1 aromatic rings. The lowest BCUT2D eigenvalue weighted by Gasteiger charge is -2.25. The van der Waals surface area contributed by atoms with Crippen LogP contribution in [0.4, 0.5) is 0 Å². The van der Waals surface area contributed by atoms with Gasteiger partial charge in [-0.05, 0) is 43.4 Å². The van der Waals surface area contributed by atoms with Crippen molar-refractivity contribution >= 4 is 0 Å². The van der Waals surface area contributed by atoms with Crippen LogP contribution in [0.15, 0.2) is 24.3 Å². The molecule has 2 rings (SSSR count). The van der Waals surface area contributed by atoms with Crippen LogP contribution in [0.1, 0.15) is 44.2 Å². The Labute approximate surface area is 111 Å². The smallest absolute Gasteiger partial charge is 0.0720 e. The number of benzene rings is 1. The van der Waals surface area contributed by atoms with Crippen molar-refractivity contribution in [3.8, 4) is 0 Å². The van der Waals surface area contributed by atoms with Gasteiger partial charge in [-0.3, -0.25) is 0 Å². The second-order valence-electron chi connectivity index (χ2n) is 5.54. The first kappa shape index (κ1) is 13.6. The van der Waals surface area contributed by atoms with Gasteiger partial charge in [0.05, 0.1) is 12.7 Å². The van der Waals surface area contributed by atoms with E-state index in [0.29, 0.717) is 12.1 Å². The van der Waals surface area contributed by atoms with Crippen LogP contribution in [-0.2, 0) is 17.8 Å². The largest absolute Gasteiger partial charge is 0.374 e. The maximum absolute atomic E-state index is 5.80. The summed E-state index contributed by atoms with van der Waals surface area (Å²) in [5.41, 5.74) is 2.69. The zero-order chi connectivity index (χ0) is 12.8. The second kappa shape index (κ2) is 6.91. The summed E-state index contributed by atoms with van der Waals surface area (Å²) < 4.78 is 5.80. The Kier molecular flexibility index (Phi) is 5.21. The SMILES string of the molecule is CC(C)NCCc1ccc(COC2CCC2)cc1. The molecule has 1 aromatic carbocycles. The highest BCUT2D eigenvalue weighted by Gasteiger charge is 2.17. The van der Waals surface area contributed by atoms with Crippen LogP contribution in [0.2, 0.25) is 0 Å². The Morgan fingerprint density at radius 2 is 1.83 bits per heavy atom. The third-order valence-electron chi connectivity index (χ3n) is 3.53. The van der Waals surface area contributed by atoms with Crippen LogP contribution in [0.25, 0.3) is 0 Å². The lowest BCUT2D eigenvalue weighted by molar-refractivity contribution is -0.00866. The van der Waals surface area contributed by atoms with Gasteiger partial charge >= 0.3 is 0 Å². The van der Waals surface area contributed by atoms with Crippen molar-refractivity contribution in [1.29, 1.82) is 0 Å². The maximum Gasteiger partial charge on any atom is 0.0720 e. The Bertz CT molecular complexity index is 341. The van der Waals surface area contributed by atoms with Gasteiger partial charge in [0, 0.05) is 6.04 Å². The van der Waals surface area contributed by atoms with E-state index in [-0.39, 0.29) is 0 Å². The zero-order valence-corrected chi connectivity index (χ0v) is 11.6. The monoisotopic (exact) mass is 247 g/mol. The van der Waals surface area contributed by atoms with Gasteiger partial charge in [-0.25, -0.2) is 0 Å². The van der Waals surface area contributed by atoms with Gasteiger partial charge in [-0.1, -0.05) is 38.1 Å². The highest BCUT2D eigenvalue weighted by molar-refractivity contribution is 5.22. The maximum atomic E-state index is 5.80. The number of hydrogen-bond acceptors (Lipinski definition) is 2. The molecular weight excluding hydrogens is 222 g/mol. The Hall–Kier alpha value is -0.860. The van der Waals surface area contributed by atoms with Gasteiger partial charge < -0.3 is 10.1 Å². The highest BCUT2D eigenvalue weighted by atomic mass is 16.5. The van der Waals surface area contributed by atoms with Crippen molar-refractivity contribution in [2.24, 2.45) is 0 Å². The second-order valence-corrected chi connectivity index (χ2v) is 5.54. The average Bonchev–Trinajstić information content (AvgIpc) is 2.28. The molecule has 1 fully saturated rings. The molecule has 0 saturated heterocycles. The highest BCUT2D eigenvalue weighted by Crippen LogP contribution is 2.23. The molecule has 0 radical (unpaired) electrons. The number of nitrogens with one attached hydrogen (secondary N) is 1. The molecule has 0 aromatic heterocycles. The molecule has 0 spiro atoms. The van der Waals surface area contributed by atoms with Crippen molar-refractivity contribution in [2.75, 3.05) is 6.54 Å². The minimum atomic E-state index is 0.528. The first-order chi connectivity index (χ1) is 8.74. The molecule has 100 valence electrons. The van der Waals surface area contributed by atoms with E-state index in [2.05, 4.69) is 43.4 Å². The molecule has 0 unspecified atom stereocenters. The summed E-state index contributed by atoms with van der Waals surface area (Å²) in [7, 11) is 0. The summed E-state index contributed by atoms with van der Waals surface area (Å²) in [6.45, 7) is 6.19. The van der Waals surface area contributed by atoms with Crippen LogP contribution < -0.4 is 5.32 Å². The molecule has 0 aliphatic heterocycles. The van der Waals surface area contributed by atoms with Crippen molar-refractivity contribution in [1.82, 2.24) is 5.32 Å². The van der Waals surface area contributed by atoms with Crippen LogP contribution in [0.3, 0.4) is 0 Å². The van der Waals surface area contributed by atoms with Gasteiger partial charge in [0.25, 0.3) is 0 Å². The molecule has 2 nitrogen and oxygen atoms in total. The minimum absolute atomic E-state index is 0.528. The van der Waals surface area contributed by atoms with Gasteiger partial charge in [-0.15, -0.1) is 0 Å². The summed E-state index contributed by atoms with van der Waals surface area (Å²) >= 11 is 0. The number of hydrogen-bond donors (Lipinski definition) is 1. The van der Waals surface area contributed by atoms with Crippen LogP contribution in [0.5, 0.6) is 0 Å². The molecule has 1 saturated carbocycles. The fourth-order valence-corrected chi connectivity index (χ4v) is 2.06. The lowest BCUT2D eigenvalue weighted by atomic mass is 9.96. The average molecular weight is 247 g/mol. The van der Waals surface area contributed by atoms with Crippen LogP contribution in [0, 0.1) is 0 Å². The topological polar surface area (TPSA) is 21.3 Å². The minimum Gasteiger partial charge on any atom is -0.374 e. The number of rotatable bonds is 7. The van der Waals surface area contributed by atoms with Gasteiger partial charge in [0.1, 0.15) is 0 Å². The van der Waals surface area contributed by atoms with E-state index < -0.39 is 0 Å². The molecule has 1 aliphatic rings. The van der Waals surface area contributed by atoms with Crippen LogP contribution >= 0.6 is 0 Å². The van der Waals surface area contributed by atoms with E-state index in [1.807, 2.05) is 0 Å². The third-order valence-corrected chi connectivity index (χ3v) is 3.53. The third kappa shape index (κ3) is 4.43. The fraction of sp³-hybridized carbons (Fsp3) is 0.625. The first-order valence-corrected chi connectivity index (χ1v) is 7.17. The molecule has 0 atom stereocenters. The Morgan fingerprint density at radius 3 is 2.39 bits per heavy atom.